The summed E-state index contributed by atoms with van der Waals surface area (Å²) in [6.07, 6.45) is 4.83. The lowest BCUT2D eigenvalue weighted by atomic mass is 9.89. The zero-order valence-corrected chi connectivity index (χ0v) is 14.5. The second-order valence-corrected chi connectivity index (χ2v) is 6.91. The molecule has 4 heteroatoms. The second-order valence-electron chi connectivity index (χ2n) is 6.91. The number of nitriles is 1. The van der Waals surface area contributed by atoms with Gasteiger partial charge in [0.1, 0.15) is 11.9 Å². The maximum absolute atomic E-state index is 13.8. The Morgan fingerprint density at radius 1 is 1.12 bits per heavy atom. The van der Waals surface area contributed by atoms with Crippen molar-refractivity contribution in [3.05, 3.63) is 71.7 Å². The van der Waals surface area contributed by atoms with E-state index in [0.717, 1.165) is 48.9 Å². The number of nitrogens with zero attached hydrogens (tertiary/aromatic N) is 3. The Labute approximate surface area is 152 Å². The first-order valence-corrected chi connectivity index (χ1v) is 9.02. The maximum atomic E-state index is 13.8. The summed E-state index contributed by atoms with van der Waals surface area (Å²) in [4.78, 5) is 6.53. The van der Waals surface area contributed by atoms with Crippen molar-refractivity contribution >= 4 is 16.6 Å². The molecule has 2 heterocycles. The number of piperidine rings is 1. The van der Waals surface area contributed by atoms with Gasteiger partial charge in [-0.3, -0.25) is 4.98 Å². The third-order valence-electron chi connectivity index (χ3n) is 5.22. The van der Waals surface area contributed by atoms with Gasteiger partial charge in [0.05, 0.1) is 16.8 Å². The third kappa shape index (κ3) is 3.25. The number of halogens is 1. The average molecular weight is 345 g/mol. The Balaban J connectivity index is 1.57. The standard InChI is InChI=1S/C22H20FN3/c23-19-6-7-21-20(13-19)22(18(14-24)15-25-21)26-10-8-17(9-11-26)12-16-4-2-1-3-5-16/h1-7,13,15,17H,8-12H2. The molecule has 2 aromatic carbocycles. The molecule has 0 spiro atoms. The van der Waals surface area contributed by atoms with E-state index in [1.165, 1.54) is 17.7 Å². The summed E-state index contributed by atoms with van der Waals surface area (Å²) in [6, 6.07) is 17.4. The third-order valence-corrected chi connectivity index (χ3v) is 5.22. The molecular formula is C22H20FN3. The smallest absolute Gasteiger partial charge is 0.124 e. The van der Waals surface area contributed by atoms with Crippen LogP contribution in [0.4, 0.5) is 10.1 Å². The quantitative estimate of drug-likeness (QED) is 0.690. The van der Waals surface area contributed by atoms with Crippen LogP contribution in [0.2, 0.25) is 0 Å². The van der Waals surface area contributed by atoms with Crippen molar-refractivity contribution in [3.63, 3.8) is 0 Å². The highest BCUT2D eigenvalue weighted by Gasteiger charge is 2.23. The molecule has 0 amide bonds. The number of anilines is 1. The summed E-state index contributed by atoms with van der Waals surface area (Å²) in [5.41, 5.74) is 3.45. The van der Waals surface area contributed by atoms with E-state index in [2.05, 4.69) is 40.2 Å². The second kappa shape index (κ2) is 7.13. The van der Waals surface area contributed by atoms with Crippen LogP contribution < -0.4 is 4.90 Å². The van der Waals surface area contributed by atoms with Gasteiger partial charge in [-0.15, -0.1) is 0 Å². The maximum Gasteiger partial charge on any atom is 0.124 e. The molecular weight excluding hydrogens is 325 g/mol. The largest absolute Gasteiger partial charge is 0.370 e. The minimum absolute atomic E-state index is 0.297. The Morgan fingerprint density at radius 2 is 1.88 bits per heavy atom. The molecule has 1 aromatic heterocycles. The highest BCUT2D eigenvalue weighted by molar-refractivity contribution is 5.94. The SMILES string of the molecule is N#Cc1cnc2ccc(F)cc2c1N1CCC(Cc2ccccc2)CC1. The van der Waals surface area contributed by atoms with Gasteiger partial charge in [0.15, 0.2) is 0 Å². The van der Waals surface area contributed by atoms with Crippen LogP contribution in [0, 0.1) is 23.1 Å². The summed E-state index contributed by atoms with van der Waals surface area (Å²) >= 11 is 0. The highest BCUT2D eigenvalue weighted by atomic mass is 19.1. The lowest BCUT2D eigenvalue weighted by molar-refractivity contribution is 0.404. The van der Waals surface area contributed by atoms with Gasteiger partial charge in [0, 0.05) is 24.7 Å². The molecule has 0 bridgehead atoms. The molecule has 1 aliphatic heterocycles. The van der Waals surface area contributed by atoms with Crippen LogP contribution in [0.1, 0.15) is 24.0 Å². The number of rotatable bonds is 3. The molecule has 0 unspecified atom stereocenters. The minimum atomic E-state index is -0.297. The van der Waals surface area contributed by atoms with Gasteiger partial charge in [-0.25, -0.2) is 4.39 Å². The fourth-order valence-electron chi connectivity index (χ4n) is 3.88. The molecule has 3 nitrogen and oxygen atoms in total. The predicted molar refractivity (Wildman–Crippen MR) is 101 cm³/mol. The number of fused-ring (bicyclic) bond motifs is 1. The molecule has 0 atom stereocenters. The van der Waals surface area contributed by atoms with Gasteiger partial charge >= 0.3 is 0 Å². The van der Waals surface area contributed by atoms with E-state index in [-0.39, 0.29) is 5.82 Å². The van der Waals surface area contributed by atoms with E-state index < -0.39 is 0 Å². The van der Waals surface area contributed by atoms with Gasteiger partial charge in [-0.05, 0) is 48.9 Å². The summed E-state index contributed by atoms with van der Waals surface area (Å²) < 4.78 is 13.8. The Hall–Kier alpha value is -2.93. The lowest BCUT2D eigenvalue weighted by Crippen LogP contribution is -2.35. The molecule has 1 saturated heterocycles. The van der Waals surface area contributed by atoms with Crippen LogP contribution in [0.25, 0.3) is 10.9 Å². The summed E-state index contributed by atoms with van der Waals surface area (Å²) in [5.74, 6) is 0.346. The Bertz CT molecular complexity index is 954. The van der Waals surface area contributed by atoms with Crippen LogP contribution >= 0.6 is 0 Å². The van der Waals surface area contributed by atoms with Crippen molar-refractivity contribution in [1.82, 2.24) is 4.98 Å². The zero-order chi connectivity index (χ0) is 17.9. The number of benzene rings is 2. The van der Waals surface area contributed by atoms with Crippen molar-refractivity contribution in [2.75, 3.05) is 18.0 Å². The van der Waals surface area contributed by atoms with E-state index >= 15 is 0 Å². The predicted octanol–water partition coefficient (Wildman–Crippen LogP) is 4.70. The molecule has 0 radical (unpaired) electrons. The van der Waals surface area contributed by atoms with Gasteiger partial charge in [0.25, 0.3) is 0 Å². The number of hydrogen-bond acceptors (Lipinski definition) is 3. The van der Waals surface area contributed by atoms with Crippen LogP contribution in [0.3, 0.4) is 0 Å². The average Bonchev–Trinajstić information content (AvgIpc) is 2.68. The summed E-state index contributed by atoms with van der Waals surface area (Å²) in [7, 11) is 0. The van der Waals surface area contributed by atoms with E-state index in [1.807, 2.05) is 6.07 Å². The molecule has 0 saturated carbocycles. The summed E-state index contributed by atoms with van der Waals surface area (Å²) in [5, 5.41) is 10.2. The molecule has 0 aliphatic carbocycles. The fraction of sp³-hybridized carbons (Fsp3) is 0.273. The molecule has 26 heavy (non-hydrogen) atoms. The fourth-order valence-corrected chi connectivity index (χ4v) is 3.88. The molecule has 4 rings (SSSR count). The van der Waals surface area contributed by atoms with Crippen LogP contribution in [-0.4, -0.2) is 18.1 Å². The van der Waals surface area contributed by atoms with Crippen molar-refractivity contribution in [3.8, 4) is 6.07 Å². The van der Waals surface area contributed by atoms with Crippen molar-refractivity contribution in [1.29, 1.82) is 5.26 Å². The van der Waals surface area contributed by atoms with Gasteiger partial charge < -0.3 is 4.90 Å². The normalized spacial score (nSPS) is 15.2. The lowest BCUT2D eigenvalue weighted by Gasteiger charge is -2.34. The van der Waals surface area contributed by atoms with Crippen LogP contribution in [0.5, 0.6) is 0 Å². The van der Waals surface area contributed by atoms with Crippen molar-refractivity contribution in [2.24, 2.45) is 5.92 Å². The van der Waals surface area contributed by atoms with Crippen molar-refractivity contribution < 1.29 is 4.39 Å². The Morgan fingerprint density at radius 3 is 2.62 bits per heavy atom. The first kappa shape index (κ1) is 16.5. The van der Waals surface area contributed by atoms with E-state index in [1.54, 1.807) is 12.3 Å². The summed E-state index contributed by atoms with van der Waals surface area (Å²) in [6.45, 7) is 1.75. The van der Waals surface area contributed by atoms with E-state index in [0.29, 0.717) is 11.5 Å². The van der Waals surface area contributed by atoms with Crippen LogP contribution in [-0.2, 0) is 6.42 Å². The number of pyridine rings is 1. The topological polar surface area (TPSA) is 39.9 Å². The highest BCUT2D eigenvalue weighted by Crippen LogP contribution is 2.33. The minimum Gasteiger partial charge on any atom is -0.370 e. The van der Waals surface area contributed by atoms with Gasteiger partial charge in [-0.1, -0.05) is 30.3 Å². The molecule has 3 aromatic rings. The molecule has 130 valence electrons. The van der Waals surface area contributed by atoms with Gasteiger partial charge in [0.2, 0.25) is 0 Å². The van der Waals surface area contributed by atoms with E-state index in [9.17, 15) is 9.65 Å². The monoisotopic (exact) mass is 345 g/mol. The van der Waals surface area contributed by atoms with Gasteiger partial charge in [-0.2, -0.15) is 5.26 Å². The first-order chi connectivity index (χ1) is 12.7. The number of hydrogen-bond donors (Lipinski definition) is 0. The Kier molecular flexibility index (Phi) is 4.53. The molecule has 1 aliphatic rings. The zero-order valence-electron chi connectivity index (χ0n) is 14.5. The first-order valence-electron chi connectivity index (χ1n) is 9.02. The molecule has 0 N–H and O–H groups in total. The number of aromatic nitrogens is 1. The van der Waals surface area contributed by atoms with Crippen LogP contribution in [0.15, 0.2) is 54.7 Å². The van der Waals surface area contributed by atoms with E-state index in [4.69, 9.17) is 0 Å². The molecule has 1 fully saturated rings. The van der Waals surface area contributed by atoms with Crippen molar-refractivity contribution in [2.45, 2.75) is 19.3 Å².